The molecule has 5 heavy (non-hydrogen) atoms. The van der Waals surface area contributed by atoms with E-state index in [1.54, 1.807) is 0 Å². The van der Waals surface area contributed by atoms with Crippen molar-refractivity contribution >= 4 is 11.5 Å². The van der Waals surface area contributed by atoms with Gasteiger partial charge in [0.15, 0.2) is 6.19 Å². The van der Waals surface area contributed by atoms with Crippen LogP contribution in [0.2, 0.25) is 0 Å². The molecule has 0 aromatic rings. The lowest BCUT2D eigenvalue weighted by atomic mass is 11.5. The molecule has 0 radical (unpaired) electrons. The summed E-state index contributed by atoms with van der Waals surface area (Å²) in [5, 5.41) is 7.44. The van der Waals surface area contributed by atoms with Crippen molar-refractivity contribution in [3.63, 3.8) is 0 Å². The minimum Gasteiger partial charge on any atom is -0.446 e. The third kappa shape index (κ3) is 3.44. The van der Waals surface area contributed by atoms with Crippen molar-refractivity contribution in [3.8, 4) is 6.19 Å². The molecule has 0 aliphatic heterocycles. The van der Waals surface area contributed by atoms with Gasteiger partial charge in [0.05, 0.1) is 0 Å². The zero-order valence-corrected chi connectivity index (χ0v) is 3.14. The van der Waals surface area contributed by atoms with Crippen LogP contribution in [0, 0.1) is 11.5 Å². The molecule has 3 nitrogen and oxygen atoms in total. The first-order valence-electron chi connectivity index (χ1n) is 0.830. The second kappa shape index (κ2) is 3.44. The third-order valence-corrected chi connectivity index (χ3v) is 0.257. The Morgan fingerprint density at radius 2 is 2.60 bits per heavy atom. The molecule has 0 heterocycles. The van der Waals surface area contributed by atoms with Crippen LogP contribution in [0.5, 0.6) is 0 Å². The molecule has 0 N–H and O–H groups in total. The molecule has 0 amide bonds. The van der Waals surface area contributed by atoms with E-state index in [4.69, 9.17) is 9.47 Å². The lowest BCUT2D eigenvalue weighted by Gasteiger charge is -1.54. The lowest BCUT2D eigenvalue weighted by Crippen LogP contribution is -1.31. The zero-order chi connectivity index (χ0) is 4.12. The van der Waals surface area contributed by atoms with Gasteiger partial charge in [-0.2, -0.15) is 16.7 Å². The van der Waals surface area contributed by atoms with Crippen molar-refractivity contribution in [1.29, 1.82) is 5.26 Å². The molecule has 0 saturated carbocycles. The van der Waals surface area contributed by atoms with Crippen LogP contribution in [0.1, 0.15) is 0 Å². The fourth-order valence-electron chi connectivity index (χ4n) is 0.0183. The molecule has 0 aliphatic carbocycles. The van der Waals surface area contributed by atoms with E-state index in [0.717, 1.165) is 0 Å². The first-order chi connectivity index (χ1) is 2.41. The molecule has 0 aromatic heterocycles. The number of thiol groups is 1. The van der Waals surface area contributed by atoms with Gasteiger partial charge in [-0.25, -0.2) is 0 Å². The maximum Gasteiger partial charge on any atom is 0.179 e. The van der Waals surface area contributed by atoms with E-state index in [-0.39, 0.29) is 0 Å². The Kier molecular flexibility index (Phi) is 3.05. The van der Waals surface area contributed by atoms with Gasteiger partial charge in [-0.1, -0.05) is 0 Å². The molecule has 0 atom stereocenters. The average Bonchev–Trinajstić information content (AvgIpc) is 1.41. The van der Waals surface area contributed by atoms with Gasteiger partial charge in [0.25, 0.3) is 0 Å². The monoisotopic (exact) mass is 89.0 g/mol. The maximum atomic E-state index is 9.11. The second-order valence-corrected chi connectivity index (χ2v) is 0.645. The Balaban J connectivity index is 3.46. The van der Waals surface area contributed by atoms with Gasteiger partial charge in [-0.05, 0) is 0 Å². The number of nitrogens with zero attached hydrogens (tertiary/aromatic N) is 2. The lowest BCUT2D eigenvalue weighted by molar-refractivity contribution is 0.609. The van der Waals surface area contributed by atoms with Crippen molar-refractivity contribution in [2.24, 2.45) is 4.36 Å². The largest absolute Gasteiger partial charge is 0.446 e. The fraction of sp³-hybridized carbons (Fsp3) is 0. The molecule has 0 unspecified atom stereocenters. The van der Waals surface area contributed by atoms with Gasteiger partial charge in [-0.15, -0.1) is 0 Å². The van der Waals surface area contributed by atoms with Gasteiger partial charge in [0.2, 0.25) is 0 Å². The van der Waals surface area contributed by atoms with Crippen LogP contribution in [0.15, 0.2) is 4.36 Å². The van der Waals surface area contributed by atoms with E-state index in [1.807, 2.05) is 0 Å². The summed E-state index contributed by atoms with van der Waals surface area (Å²) in [7, 11) is 0. The van der Waals surface area contributed by atoms with Crippen LogP contribution in [0.3, 0.4) is 0 Å². The molecule has 0 aromatic carbocycles. The van der Waals surface area contributed by atoms with Gasteiger partial charge in [0.1, 0.15) is 0 Å². The van der Waals surface area contributed by atoms with Gasteiger partial charge in [0, 0.05) is 0 Å². The molecule has 28 valence electrons. The van der Waals surface area contributed by atoms with Crippen molar-refractivity contribution in [3.05, 3.63) is 0 Å². The quantitative estimate of drug-likeness (QED) is 0.234. The molecule has 0 rings (SSSR count). The Bertz CT molecular complexity index is 96.7. The molecule has 0 bridgehead atoms. The second-order valence-electron chi connectivity index (χ2n) is 0.282. The van der Waals surface area contributed by atoms with Gasteiger partial charge >= 0.3 is 0 Å². The SMILES string of the molecule is N#CN=[SH-]=O. The highest BCUT2D eigenvalue weighted by Gasteiger charge is 1.28. The Hall–Kier alpha value is -0.560. The Morgan fingerprint density at radius 3 is 2.60 bits per heavy atom. The molecule has 0 fully saturated rings. The van der Waals surface area contributed by atoms with E-state index >= 15 is 0 Å². The van der Waals surface area contributed by atoms with E-state index < -0.39 is 11.5 Å². The van der Waals surface area contributed by atoms with Crippen LogP contribution >= 0.6 is 0 Å². The van der Waals surface area contributed by atoms with Gasteiger partial charge < -0.3 is 4.21 Å². The highest BCUT2D eigenvalue weighted by atomic mass is 32.1. The first-order valence-corrected chi connectivity index (χ1v) is 1.59. The minimum atomic E-state index is -0.456. The zero-order valence-electron chi connectivity index (χ0n) is 2.25. The minimum absolute atomic E-state index is 0.456. The number of nitriles is 1. The predicted molar refractivity (Wildman–Crippen MR) is 17.5 cm³/mol. The van der Waals surface area contributed by atoms with E-state index in [2.05, 4.69) is 4.36 Å². The van der Waals surface area contributed by atoms with Crippen molar-refractivity contribution in [2.75, 3.05) is 0 Å². The summed E-state index contributed by atoms with van der Waals surface area (Å²) in [6, 6.07) is 0. The summed E-state index contributed by atoms with van der Waals surface area (Å²) < 4.78 is 11.8. The van der Waals surface area contributed by atoms with Crippen molar-refractivity contribution < 1.29 is 4.21 Å². The predicted octanol–water partition coefficient (Wildman–Crippen LogP) is -0.189. The molecule has 0 spiro atoms. The third-order valence-electron chi connectivity index (χ3n) is 0.0855. The maximum absolute atomic E-state index is 9.11. The first kappa shape index (κ1) is 4.44. The van der Waals surface area contributed by atoms with Crippen LogP contribution in [-0.4, -0.2) is 0 Å². The van der Waals surface area contributed by atoms with Crippen LogP contribution in [-0.2, 0) is 15.7 Å². The van der Waals surface area contributed by atoms with Gasteiger partial charge in [-0.3, -0.25) is 4.36 Å². The fourth-order valence-corrected chi connectivity index (χ4v) is 0.0548. The van der Waals surface area contributed by atoms with E-state index in [1.165, 1.54) is 6.19 Å². The molecule has 0 aliphatic rings. The summed E-state index contributed by atoms with van der Waals surface area (Å²) in [4.78, 5) is 0. The number of rotatable bonds is 0. The highest BCUT2D eigenvalue weighted by molar-refractivity contribution is 7.54. The molecular weight excluding hydrogens is 88.1 g/mol. The normalized spacial score (nSPS) is 5.40. The van der Waals surface area contributed by atoms with Crippen molar-refractivity contribution in [1.82, 2.24) is 0 Å². The number of hydrogen-bond acceptors (Lipinski definition) is 4. The summed E-state index contributed by atoms with van der Waals surface area (Å²) in [6.45, 7) is 0. The standard InChI is InChI=1S/CHN2OS/c2-1-3-5-4/h5H/q-1. The smallest absolute Gasteiger partial charge is 0.179 e. The summed E-state index contributed by atoms with van der Waals surface area (Å²) in [6.07, 6.45) is 1.32. The van der Waals surface area contributed by atoms with E-state index in [0.29, 0.717) is 0 Å². The molecule has 0 saturated heterocycles. The Morgan fingerprint density at radius 1 is 2.00 bits per heavy atom. The molecular formula is CHN2OS-. The van der Waals surface area contributed by atoms with Crippen LogP contribution in [0.4, 0.5) is 0 Å². The topological polar surface area (TPSA) is 53.2 Å². The summed E-state index contributed by atoms with van der Waals surface area (Å²) >= 11 is -0.456. The highest BCUT2D eigenvalue weighted by Crippen LogP contribution is 1.45. The van der Waals surface area contributed by atoms with E-state index in [9.17, 15) is 0 Å². The summed E-state index contributed by atoms with van der Waals surface area (Å²) in [5.41, 5.74) is 0. The molecule has 4 heteroatoms. The van der Waals surface area contributed by atoms with Crippen molar-refractivity contribution in [2.45, 2.75) is 0 Å². The Labute approximate surface area is 32.5 Å². The summed E-state index contributed by atoms with van der Waals surface area (Å²) in [5.74, 6) is 0. The van der Waals surface area contributed by atoms with Crippen LogP contribution in [0.25, 0.3) is 0 Å². The average molecular weight is 89.1 g/mol. The van der Waals surface area contributed by atoms with Crippen LogP contribution < -0.4 is 0 Å². The number of hydrogen-bond donors (Lipinski definition) is 0.